The van der Waals surface area contributed by atoms with Crippen molar-refractivity contribution >= 4 is 28.7 Å². The Balaban J connectivity index is 1.49. The van der Waals surface area contributed by atoms with Gasteiger partial charge in [-0.1, -0.05) is 12.1 Å². The molecule has 2 unspecified atom stereocenters. The van der Waals surface area contributed by atoms with E-state index in [1.54, 1.807) is 24.4 Å². The first kappa shape index (κ1) is 21.1. The fourth-order valence-corrected chi connectivity index (χ4v) is 4.93. The van der Waals surface area contributed by atoms with Gasteiger partial charge < -0.3 is 20.8 Å². The first-order valence-corrected chi connectivity index (χ1v) is 11.4. The van der Waals surface area contributed by atoms with Gasteiger partial charge in [0.25, 0.3) is 0 Å². The number of rotatable bonds is 6. The minimum absolute atomic E-state index is 0.110. The van der Waals surface area contributed by atoms with Crippen LogP contribution in [0.15, 0.2) is 30.5 Å². The summed E-state index contributed by atoms with van der Waals surface area (Å²) in [7, 11) is 0. The monoisotopic (exact) mass is 440 g/mol. The lowest BCUT2D eigenvalue weighted by atomic mass is 9.93. The second-order valence-corrected chi connectivity index (χ2v) is 8.98. The lowest BCUT2D eigenvalue weighted by Crippen LogP contribution is -2.29. The number of anilines is 3. The molecule has 2 fully saturated rings. The number of benzene rings is 1. The molecule has 0 bridgehead atoms. The molecule has 0 radical (unpaired) electrons. The Kier molecular flexibility index (Phi) is 5.93. The molecular weight excluding hydrogens is 411 g/mol. The van der Waals surface area contributed by atoms with Crippen LogP contribution in [0.4, 0.5) is 22.0 Å². The van der Waals surface area contributed by atoms with Gasteiger partial charge >= 0.3 is 0 Å². The summed E-state index contributed by atoms with van der Waals surface area (Å²) < 4.78 is 16.4. The van der Waals surface area contributed by atoms with Crippen LogP contribution in [0, 0.1) is 11.7 Å². The molecule has 0 aliphatic heterocycles. The van der Waals surface area contributed by atoms with E-state index in [0.717, 1.165) is 44.9 Å². The fraction of sp³-hybridized carbons (Fsp3) is 0.522. The van der Waals surface area contributed by atoms with Crippen molar-refractivity contribution in [2.75, 3.05) is 17.2 Å². The number of aromatic nitrogens is 4. The quantitative estimate of drug-likeness (QED) is 0.462. The summed E-state index contributed by atoms with van der Waals surface area (Å²) in [5, 5.41) is 25.9. The number of fused-ring (bicyclic) bond motifs is 1. The van der Waals surface area contributed by atoms with Crippen molar-refractivity contribution < 1.29 is 14.6 Å². The summed E-state index contributed by atoms with van der Waals surface area (Å²) in [6.07, 6.45) is 7.44. The molecule has 0 spiro atoms. The van der Waals surface area contributed by atoms with E-state index < -0.39 is 0 Å². The van der Waals surface area contributed by atoms with Gasteiger partial charge in [-0.2, -0.15) is 4.98 Å². The van der Waals surface area contributed by atoms with Gasteiger partial charge in [0.1, 0.15) is 11.3 Å². The summed E-state index contributed by atoms with van der Waals surface area (Å²) >= 11 is 0. The van der Waals surface area contributed by atoms with Crippen LogP contribution in [0.25, 0.3) is 11.2 Å². The van der Waals surface area contributed by atoms with E-state index in [2.05, 4.69) is 20.6 Å². The molecule has 8 nitrogen and oxygen atoms in total. The topological polar surface area (TPSA) is 108 Å². The van der Waals surface area contributed by atoms with Gasteiger partial charge in [-0.05, 0) is 63.0 Å². The Labute approximate surface area is 185 Å². The lowest BCUT2D eigenvalue weighted by molar-refractivity contribution is 0.126. The van der Waals surface area contributed by atoms with Crippen molar-refractivity contribution in [1.82, 2.24) is 19.5 Å². The van der Waals surface area contributed by atoms with E-state index in [1.165, 1.54) is 6.07 Å². The number of imidazole rings is 1. The number of nitrogens with one attached hydrogen (secondary N) is 2. The van der Waals surface area contributed by atoms with Gasteiger partial charge in [0.05, 0.1) is 18.0 Å². The Morgan fingerprint density at radius 2 is 1.88 bits per heavy atom. The lowest BCUT2D eigenvalue weighted by Gasteiger charge is -2.26. The highest BCUT2D eigenvalue weighted by molar-refractivity contribution is 5.76. The molecule has 170 valence electrons. The molecule has 1 aromatic carbocycles. The number of hydrogen-bond donors (Lipinski definition) is 4. The van der Waals surface area contributed by atoms with Gasteiger partial charge in [0, 0.05) is 18.7 Å². The Bertz CT molecular complexity index is 1080. The zero-order valence-corrected chi connectivity index (χ0v) is 17.9. The third kappa shape index (κ3) is 4.27. The molecule has 9 heteroatoms. The maximum atomic E-state index is 14.3. The number of aliphatic hydroxyl groups excluding tert-OH is 2. The second-order valence-electron chi connectivity index (χ2n) is 8.98. The summed E-state index contributed by atoms with van der Waals surface area (Å²) in [5.41, 5.74) is 1.69. The summed E-state index contributed by atoms with van der Waals surface area (Å²) in [6.45, 7) is 0.161. The molecule has 0 amide bonds. The van der Waals surface area contributed by atoms with Crippen molar-refractivity contribution in [2.24, 2.45) is 5.92 Å². The largest absolute Gasteiger partial charge is 0.396 e. The van der Waals surface area contributed by atoms with Crippen molar-refractivity contribution in [2.45, 2.75) is 63.1 Å². The maximum absolute atomic E-state index is 14.3. The molecule has 3 aromatic rings. The number of nitrogens with zero attached hydrogens (tertiary/aromatic N) is 4. The highest BCUT2D eigenvalue weighted by Gasteiger charge is 2.30. The average Bonchev–Trinajstić information content (AvgIpc) is 3.40. The predicted molar refractivity (Wildman–Crippen MR) is 120 cm³/mol. The Morgan fingerprint density at radius 1 is 1.06 bits per heavy atom. The van der Waals surface area contributed by atoms with E-state index in [1.807, 2.05) is 4.57 Å². The normalized spacial score (nSPS) is 25.8. The van der Waals surface area contributed by atoms with Crippen LogP contribution in [0.5, 0.6) is 0 Å². The molecule has 0 saturated heterocycles. The van der Waals surface area contributed by atoms with E-state index >= 15 is 0 Å². The first-order valence-electron chi connectivity index (χ1n) is 11.4. The average molecular weight is 441 g/mol. The van der Waals surface area contributed by atoms with Crippen LogP contribution in [0.1, 0.15) is 51.0 Å². The SMILES string of the molecule is OCC1CCC(n2c(Nc3ccccc3F)nc3cnc(NC4CCC(O)CC4)nc32)C1. The van der Waals surface area contributed by atoms with Gasteiger partial charge in [0.2, 0.25) is 11.9 Å². The van der Waals surface area contributed by atoms with Crippen LogP contribution < -0.4 is 10.6 Å². The van der Waals surface area contributed by atoms with Crippen LogP contribution in [0.3, 0.4) is 0 Å². The van der Waals surface area contributed by atoms with E-state index in [0.29, 0.717) is 28.7 Å². The molecule has 5 rings (SSSR count). The third-order valence-corrected chi connectivity index (χ3v) is 6.72. The first-order chi connectivity index (χ1) is 15.6. The Morgan fingerprint density at radius 3 is 2.62 bits per heavy atom. The number of para-hydroxylation sites is 1. The zero-order chi connectivity index (χ0) is 22.1. The predicted octanol–water partition coefficient (Wildman–Crippen LogP) is 3.76. The minimum Gasteiger partial charge on any atom is -0.396 e. The van der Waals surface area contributed by atoms with E-state index in [-0.39, 0.29) is 36.5 Å². The maximum Gasteiger partial charge on any atom is 0.224 e. The fourth-order valence-electron chi connectivity index (χ4n) is 4.93. The van der Waals surface area contributed by atoms with Gasteiger partial charge in [-0.15, -0.1) is 0 Å². The molecular formula is C23H29FN6O2. The Hall–Kier alpha value is -2.78. The van der Waals surface area contributed by atoms with Crippen LogP contribution >= 0.6 is 0 Å². The van der Waals surface area contributed by atoms with Crippen LogP contribution in [-0.2, 0) is 0 Å². The highest BCUT2D eigenvalue weighted by atomic mass is 19.1. The molecule has 2 saturated carbocycles. The summed E-state index contributed by atoms with van der Waals surface area (Å²) in [4.78, 5) is 13.9. The smallest absolute Gasteiger partial charge is 0.224 e. The number of hydrogen-bond acceptors (Lipinski definition) is 7. The van der Waals surface area contributed by atoms with Crippen molar-refractivity contribution in [1.29, 1.82) is 0 Å². The van der Waals surface area contributed by atoms with Gasteiger partial charge in [-0.25, -0.2) is 14.4 Å². The van der Waals surface area contributed by atoms with E-state index in [9.17, 15) is 14.6 Å². The molecule has 2 aromatic heterocycles. The number of aliphatic hydroxyl groups is 2. The molecule has 2 aliphatic carbocycles. The van der Waals surface area contributed by atoms with Gasteiger partial charge in [-0.3, -0.25) is 4.57 Å². The van der Waals surface area contributed by atoms with Crippen LogP contribution in [0.2, 0.25) is 0 Å². The van der Waals surface area contributed by atoms with Crippen molar-refractivity contribution in [3.63, 3.8) is 0 Å². The summed E-state index contributed by atoms with van der Waals surface area (Å²) in [5.74, 6) is 0.959. The zero-order valence-electron chi connectivity index (χ0n) is 17.9. The number of halogens is 1. The molecule has 4 N–H and O–H groups in total. The van der Waals surface area contributed by atoms with E-state index in [4.69, 9.17) is 4.98 Å². The highest BCUT2D eigenvalue weighted by Crippen LogP contribution is 2.39. The minimum atomic E-state index is -0.348. The summed E-state index contributed by atoms with van der Waals surface area (Å²) in [6, 6.07) is 6.86. The second kappa shape index (κ2) is 8.99. The van der Waals surface area contributed by atoms with Crippen molar-refractivity contribution in [3.05, 3.63) is 36.3 Å². The van der Waals surface area contributed by atoms with Gasteiger partial charge in [0.15, 0.2) is 5.65 Å². The van der Waals surface area contributed by atoms with Crippen LogP contribution in [-0.4, -0.2) is 48.5 Å². The molecule has 2 atom stereocenters. The molecule has 2 heterocycles. The third-order valence-electron chi connectivity index (χ3n) is 6.72. The van der Waals surface area contributed by atoms with Crippen molar-refractivity contribution in [3.8, 4) is 0 Å². The standard InChI is InChI=1S/C23H29FN6O2/c24-18-3-1-2-4-19(18)27-23-28-20-12-25-22(26-15-6-9-17(32)10-7-15)29-21(20)30(23)16-8-5-14(11-16)13-31/h1-4,12,14-17,31-32H,5-11,13H2,(H,27,28)(H,25,26,29). The molecule has 32 heavy (non-hydrogen) atoms. The molecule has 2 aliphatic rings.